The third-order valence-corrected chi connectivity index (χ3v) is 3.99. The number of hydrogen-bond donors (Lipinski definition) is 0. The first-order valence-electron chi connectivity index (χ1n) is 6.10. The molecule has 0 saturated carbocycles. The second-order valence-electron chi connectivity index (χ2n) is 4.32. The summed E-state index contributed by atoms with van der Waals surface area (Å²) in [5, 5.41) is 3.98. The summed E-state index contributed by atoms with van der Waals surface area (Å²) in [6, 6.07) is 3.74. The van der Waals surface area contributed by atoms with Crippen LogP contribution in [0, 0.1) is 13.8 Å². The monoisotopic (exact) mass is 276 g/mol. The maximum atomic E-state index is 12.6. The van der Waals surface area contributed by atoms with E-state index in [4.69, 9.17) is 4.74 Å². The number of rotatable bonds is 4. The normalized spacial score (nSPS) is 10.5. The number of carbonyl (C=O) groups excluding carboxylic acids is 1. The molecule has 0 amide bonds. The molecule has 0 fully saturated rings. The number of aromatic nitrogens is 2. The molecule has 1 aromatic heterocycles. The van der Waals surface area contributed by atoms with Crippen LogP contribution in [0.4, 0.5) is 0 Å². The number of carbonyl (C=O) groups is 1. The van der Waals surface area contributed by atoms with Gasteiger partial charge in [-0.05, 0) is 49.0 Å². The lowest BCUT2D eigenvalue weighted by molar-refractivity contribution is 0.103. The van der Waals surface area contributed by atoms with Gasteiger partial charge < -0.3 is 4.74 Å². The van der Waals surface area contributed by atoms with Crippen LogP contribution in [-0.2, 0) is 6.42 Å². The Kier molecular flexibility index (Phi) is 3.95. The highest BCUT2D eigenvalue weighted by molar-refractivity contribution is 7.08. The molecule has 5 heteroatoms. The lowest BCUT2D eigenvalue weighted by atomic mass is 10.00. The summed E-state index contributed by atoms with van der Waals surface area (Å²) in [6.45, 7) is 5.92. The van der Waals surface area contributed by atoms with Crippen LogP contribution in [0.25, 0.3) is 0 Å². The molecule has 2 aromatic rings. The Bertz CT molecular complexity index is 620. The fraction of sp³-hybridized carbons (Fsp3) is 0.357. The molecular weight excluding hydrogens is 260 g/mol. The molecule has 0 aliphatic carbocycles. The highest BCUT2D eigenvalue weighted by atomic mass is 32.1. The third-order valence-electron chi connectivity index (χ3n) is 3.22. The fourth-order valence-corrected chi connectivity index (χ4v) is 2.67. The van der Waals surface area contributed by atoms with Gasteiger partial charge in [-0.1, -0.05) is 17.5 Å². The van der Waals surface area contributed by atoms with Gasteiger partial charge in [0.05, 0.1) is 18.4 Å². The lowest BCUT2D eigenvalue weighted by Crippen LogP contribution is -2.06. The van der Waals surface area contributed by atoms with E-state index in [0.29, 0.717) is 22.6 Å². The van der Waals surface area contributed by atoms with Crippen molar-refractivity contribution in [3.63, 3.8) is 0 Å². The van der Waals surface area contributed by atoms with E-state index in [0.717, 1.165) is 28.4 Å². The summed E-state index contributed by atoms with van der Waals surface area (Å²) in [7, 11) is 1.59. The molecule has 100 valence electrons. The first kappa shape index (κ1) is 13.7. The number of ether oxygens (including phenoxy) is 1. The number of methoxy groups -OCH3 is 1. The first-order chi connectivity index (χ1) is 9.10. The molecule has 0 spiro atoms. The minimum absolute atomic E-state index is 0.0631. The van der Waals surface area contributed by atoms with Crippen LogP contribution >= 0.6 is 11.5 Å². The Morgan fingerprint density at radius 3 is 2.74 bits per heavy atom. The van der Waals surface area contributed by atoms with Crippen LogP contribution in [0.5, 0.6) is 5.75 Å². The van der Waals surface area contributed by atoms with E-state index in [1.54, 1.807) is 7.11 Å². The average molecular weight is 276 g/mol. The third kappa shape index (κ3) is 2.38. The zero-order chi connectivity index (χ0) is 14.0. The van der Waals surface area contributed by atoms with E-state index in [9.17, 15) is 4.79 Å². The van der Waals surface area contributed by atoms with Crippen LogP contribution in [0.3, 0.4) is 0 Å². The van der Waals surface area contributed by atoms with Crippen LogP contribution in [0.1, 0.15) is 39.0 Å². The summed E-state index contributed by atoms with van der Waals surface area (Å²) >= 11 is 1.14. The summed E-state index contributed by atoms with van der Waals surface area (Å²) in [5.74, 6) is 0.576. The number of benzene rings is 1. The average Bonchev–Trinajstić information content (AvgIpc) is 2.89. The number of nitrogens with zero attached hydrogens (tertiary/aromatic N) is 2. The first-order valence-corrected chi connectivity index (χ1v) is 6.87. The second kappa shape index (κ2) is 5.48. The van der Waals surface area contributed by atoms with Crippen molar-refractivity contribution in [1.82, 2.24) is 9.59 Å². The van der Waals surface area contributed by atoms with Crippen LogP contribution in [0.15, 0.2) is 12.1 Å². The predicted molar refractivity (Wildman–Crippen MR) is 75.2 cm³/mol. The molecule has 0 saturated heterocycles. The Labute approximate surface area is 116 Å². The highest BCUT2D eigenvalue weighted by Crippen LogP contribution is 2.29. The fourth-order valence-electron chi connectivity index (χ4n) is 1.97. The van der Waals surface area contributed by atoms with Gasteiger partial charge in [-0.15, -0.1) is 5.10 Å². The summed E-state index contributed by atoms with van der Waals surface area (Å²) in [4.78, 5) is 13.2. The van der Waals surface area contributed by atoms with E-state index in [-0.39, 0.29) is 5.78 Å². The van der Waals surface area contributed by atoms with Crippen molar-refractivity contribution in [1.29, 1.82) is 0 Å². The molecule has 1 heterocycles. The standard InChI is InChI=1S/C14H16N2O2S/c1-5-11-14(19-16-15-11)12(17)10-7-6-8(2)9(3)13(10)18-4/h6-7H,5H2,1-4H3. The van der Waals surface area contributed by atoms with Crippen molar-refractivity contribution in [2.24, 2.45) is 0 Å². The minimum atomic E-state index is -0.0631. The smallest absolute Gasteiger partial charge is 0.210 e. The lowest BCUT2D eigenvalue weighted by Gasteiger charge is -2.12. The number of ketones is 1. The van der Waals surface area contributed by atoms with Crippen LogP contribution in [0.2, 0.25) is 0 Å². The molecule has 19 heavy (non-hydrogen) atoms. The van der Waals surface area contributed by atoms with Crippen LogP contribution in [-0.4, -0.2) is 22.5 Å². The topological polar surface area (TPSA) is 52.1 Å². The van der Waals surface area contributed by atoms with Gasteiger partial charge in [-0.3, -0.25) is 4.79 Å². The van der Waals surface area contributed by atoms with Gasteiger partial charge in [-0.2, -0.15) is 0 Å². The molecular formula is C14H16N2O2S. The summed E-state index contributed by atoms with van der Waals surface area (Å²) in [5.41, 5.74) is 3.41. The molecule has 0 bridgehead atoms. The van der Waals surface area contributed by atoms with Gasteiger partial charge in [0.25, 0.3) is 0 Å². The van der Waals surface area contributed by atoms with E-state index in [1.807, 2.05) is 32.9 Å². The Morgan fingerprint density at radius 2 is 2.11 bits per heavy atom. The van der Waals surface area contributed by atoms with Crippen LogP contribution < -0.4 is 4.74 Å². The molecule has 1 aromatic carbocycles. The van der Waals surface area contributed by atoms with E-state index < -0.39 is 0 Å². The molecule has 2 rings (SSSR count). The van der Waals surface area contributed by atoms with Crippen molar-refractivity contribution in [2.45, 2.75) is 27.2 Å². The van der Waals surface area contributed by atoms with Gasteiger partial charge >= 0.3 is 0 Å². The molecule has 0 radical (unpaired) electrons. The molecule has 4 nitrogen and oxygen atoms in total. The molecule has 0 aliphatic heterocycles. The predicted octanol–water partition coefficient (Wildman–Crippen LogP) is 2.96. The van der Waals surface area contributed by atoms with E-state index in [1.165, 1.54) is 0 Å². The molecule has 0 unspecified atom stereocenters. The Balaban J connectivity index is 2.53. The number of aryl methyl sites for hydroxylation is 2. The zero-order valence-corrected chi connectivity index (χ0v) is 12.3. The largest absolute Gasteiger partial charge is 0.496 e. The van der Waals surface area contributed by atoms with Crippen molar-refractivity contribution in [2.75, 3.05) is 7.11 Å². The van der Waals surface area contributed by atoms with E-state index >= 15 is 0 Å². The second-order valence-corrected chi connectivity index (χ2v) is 5.07. The van der Waals surface area contributed by atoms with Gasteiger partial charge in [0.1, 0.15) is 10.6 Å². The van der Waals surface area contributed by atoms with Gasteiger partial charge in [0, 0.05) is 0 Å². The zero-order valence-electron chi connectivity index (χ0n) is 11.5. The minimum Gasteiger partial charge on any atom is -0.496 e. The molecule has 0 atom stereocenters. The van der Waals surface area contributed by atoms with Gasteiger partial charge in [0.2, 0.25) is 5.78 Å². The van der Waals surface area contributed by atoms with Crippen molar-refractivity contribution in [3.05, 3.63) is 39.4 Å². The molecule has 0 aliphatic rings. The van der Waals surface area contributed by atoms with Crippen molar-refractivity contribution in [3.8, 4) is 5.75 Å². The van der Waals surface area contributed by atoms with Crippen molar-refractivity contribution < 1.29 is 9.53 Å². The SMILES string of the molecule is CCc1nnsc1C(=O)c1ccc(C)c(C)c1OC. The van der Waals surface area contributed by atoms with E-state index in [2.05, 4.69) is 9.59 Å². The Morgan fingerprint density at radius 1 is 1.37 bits per heavy atom. The molecule has 0 N–H and O–H groups in total. The maximum Gasteiger partial charge on any atom is 0.210 e. The number of hydrogen-bond acceptors (Lipinski definition) is 5. The highest BCUT2D eigenvalue weighted by Gasteiger charge is 2.21. The summed E-state index contributed by atoms with van der Waals surface area (Å²) in [6.07, 6.45) is 0.699. The van der Waals surface area contributed by atoms with Gasteiger partial charge in [-0.25, -0.2) is 0 Å². The quantitative estimate of drug-likeness (QED) is 0.806. The van der Waals surface area contributed by atoms with Crippen molar-refractivity contribution >= 4 is 17.3 Å². The van der Waals surface area contributed by atoms with Gasteiger partial charge in [0.15, 0.2) is 0 Å². The summed E-state index contributed by atoms with van der Waals surface area (Å²) < 4.78 is 9.26. The maximum absolute atomic E-state index is 12.6. The Hall–Kier alpha value is -1.75.